The molecule has 0 aliphatic rings. The van der Waals surface area contributed by atoms with Gasteiger partial charge in [0.15, 0.2) is 0 Å². The van der Waals surface area contributed by atoms with Crippen LogP contribution in [-0.4, -0.2) is 164 Å². The zero-order chi connectivity index (χ0) is 32.3. The summed E-state index contributed by atoms with van der Waals surface area (Å²) < 4.78 is 59.1. The number of ether oxygens (including phenoxy) is 11. The van der Waals surface area contributed by atoms with Crippen LogP contribution in [0.3, 0.4) is 0 Å². The van der Waals surface area contributed by atoms with E-state index in [1.54, 1.807) is 30.3 Å². The Labute approximate surface area is 267 Å². The molecule has 0 heterocycles. The van der Waals surface area contributed by atoms with Gasteiger partial charge < -0.3 is 57.4 Å². The first kappa shape index (κ1) is 40.9. The lowest BCUT2D eigenvalue weighted by Gasteiger charge is -2.09. The van der Waals surface area contributed by atoms with Gasteiger partial charge in [-0.15, -0.1) is 0 Å². The third-order valence-electron chi connectivity index (χ3n) is 5.53. The van der Waals surface area contributed by atoms with Gasteiger partial charge in [0.25, 0.3) is 5.78 Å². The summed E-state index contributed by atoms with van der Waals surface area (Å²) in [5.41, 5.74) is 0.296. The molecule has 0 saturated carbocycles. The van der Waals surface area contributed by atoms with Crippen LogP contribution < -0.4 is 5.32 Å². The van der Waals surface area contributed by atoms with Crippen molar-refractivity contribution >= 4 is 11.8 Å². The van der Waals surface area contributed by atoms with Crippen LogP contribution in [0.4, 0.5) is 0 Å². The molecule has 1 N–H and O–H groups in total. The molecule has 260 valence electrons. The normalized spacial score (nSPS) is 11.2. The Bertz CT molecular complexity index is 788. The summed E-state index contributed by atoms with van der Waals surface area (Å²) in [7, 11) is 1.89. The molecule has 0 bridgehead atoms. The Morgan fingerprint density at radius 2 is 0.733 bits per heavy atom. The maximum atomic E-state index is 11.9. The van der Waals surface area contributed by atoms with Crippen molar-refractivity contribution in [3.8, 4) is 0 Å². The van der Waals surface area contributed by atoms with E-state index in [9.17, 15) is 9.59 Å². The largest absolute Gasteiger partial charge is 0.457 e. The Morgan fingerprint density at radius 1 is 0.444 bits per heavy atom. The highest BCUT2D eigenvalue weighted by Crippen LogP contribution is 2.01. The fourth-order valence-corrected chi connectivity index (χ4v) is 3.22. The average molecular weight is 648 g/mol. The van der Waals surface area contributed by atoms with E-state index < -0.39 is 11.8 Å². The highest BCUT2D eigenvalue weighted by molar-refractivity contribution is 6.40. The molecular weight excluding hydrogens is 594 g/mol. The molecule has 1 aromatic carbocycles. The summed E-state index contributed by atoms with van der Waals surface area (Å²) in [4.78, 5) is 23.6. The van der Waals surface area contributed by atoms with Gasteiger partial charge in [0, 0.05) is 12.1 Å². The number of hydrogen-bond acceptors (Lipinski definition) is 14. The molecule has 1 aromatic rings. The minimum absolute atomic E-state index is 0.00109. The summed E-state index contributed by atoms with van der Waals surface area (Å²) in [5, 5.41) is 3.01. The number of rotatable bonds is 35. The Hall–Kier alpha value is -2.08. The maximum Gasteiger partial charge on any atom is 0.379 e. The van der Waals surface area contributed by atoms with Crippen LogP contribution in [0.5, 0.6) is 0 Å². The number of likely N-dealkylation sites (N-methyl/N-ethyl adjacent to an activating group) is 1. The summed E-state index contributed by atoms with van der Waals surface area (Å²) in [6, 6.07) is 8.26. The topological polar surface area (TPSA) is 148 Å². The van der Waals surface area contributed by atoms with E-state index in [1.807, 2.05) is 7.05 Å². The SMILES string of the molecule is CNCCOCCOCCOCCOCCOCCOCCOCCOCCOCCOCCOC(=O)C(=O)c1ccccc1. The maximum absolute atomic E-state index is 11.9. The highest BCUT2D eigenvalue weighted by Gasteiger charge is 2.17. The Kier molecular flexibility index (Phi) is 30.3. The second-order valence-electron chi connectivity index (χ2n) is 9.06. The van der Waals surface area contributed by atoms with Crippen LogP contribution in [0.2, 0.25) is 0 Å². The van der Waals surface area contributed by atoms with E-state index in [0.29, 0.717) is 131 Å². The van der Waals surface area contributed by atoms with Gasteiger partial charge >= 0.3 is 5.97 Å². The molecule has 0 saturated heterocycles. The molecule has 14 heteroatoms. The molecule has 0 unspecified atom stereocenters. The molecule has 45 heavy (non-hydrogen) atoms. The van der Waals surface area contributed by atoms with Crippen molar-refractivity contribution in [1.29, 1.82) is 0 Å². The first-order valence-corrected chi connectivity index (χ1v) is 15.4. The molecule has 0 aliphatic carbocycles. The van der Waals surface area contributed by atoms with Crippen LogP contribution in [0.15, 0.2) is 30.3 Å². The van der Waals surface area contributed by atoms with Gasteiger partial charge in [-0.3, -0.25) is 4.79 Å². The van der Waals surface area contributed by atoms with Gasteiger partial charge in [0.2, 0.25) is 0 Å². The second kappa shape index (κ2) is 33.3. The molecule has 0 spiro atoms. The predicted octanol–water partition coefficient (Wildman–Crippen LogP) is 0.798. The number of Topliss-reactive ketones (excluding diaryl/α,β-unsaturated/α-hetero) is 1. The first-order chi connectivity index (χ1) is 22.3. The van der Waals surface area contributed by atoms with E-state index in [-0.39, 0.29) is 13.2 Å². The zero-order valence-corrected chi connectivity index (χ0v) is 26.8. The number of nitrogens with one attached hydrogen (secondary N) is 1. The van der Waals surface area contributed by atoms with Crippen LogP contribution in [0.25, 0.3) is 0 Å². The number of esters is 1. The molecule has 0 amide bonds. The molecule has 14 nitrogen and oxygen atoms in total. The molecule has 1 rings (SSSR count). The molecule has 0 radical (unpaired) electrons. The van der Waals surface area contributed by atoms with Gasteiger partial charge in [-0.05, 0) is 7.05 Å². The smallest absolute Gasteiger partial charge is 0.379 e. The van der Waals surface area contributed by atoms with Crippen molar-refractivity contribution in [3.05, 3.63) is 35.9 Å². The lowest BCUT2D eigenvalue weighted by Crippen LogP contribution is -2.20. The molecular formula is C31H53NO13. The van der Waals surface area contributed by atoms with Crippen LogP contribution in [0.1, 0.15) is 10.4 Å². The van der Waals surface area contributed by atoms with Gasteiger partial charge in [0.1, 0.15) is 6.61 Å². The second-order valence-corrected chi connectivity index (χ2v) is 9.06. The monoisotopic (exact) mass is 647 g/mol. The third kappa shape index (κ3) is 27.9. The average Bonchev–Trinajstić information content (AvgIpc) is 3.06. The van der Waals surface area contributed by atoms with Crippen molar-refractivity contribution in [2.45, 2.75) is 0 Å². The standard InChI is InChI=1S/C31H53NO13/c1-32-7-8-35-9-10-36-11-12-37-13-14-38-15-16-39-17-18-40-19-20-41-21-22-42-23-24-43-25-26-44-27-28-45-31(34)30(33)29-5-3-2-4-6-29/h2-6,32H,7-28H2,1H3. The molecule has 0 atom stereocenters. The van der Waals surface area contributed by atoms with E-state index in [1.165, 1.54) is 0 Å². The van der Waals surface area contributed by atoms with E-state index in [4.69, 9.17) is 52.1 Å². The summed E-state index contributed by atoms with van der Waals surface area (Å²) in [6.07, 6.45) is 0. The molecule has 0 aromatic heterocycles. The van der Waals surface area contributed by atoms with E-state index in [0.717, 1.165) is 6.54 Å². The predicted molar refractivity (Wildman–Crippen MR) is 164 cm³/mol. The van der Waals surface area contributed by atoms with E-state index >= 15 is 0 Å². The summed E-state index contributed by atoms with van der Waals surface area (Å²) in [5.74, 6) is -1.57. The van der Waals surface area contributed by atoms with Crippen molar-refractivity contribution in [3.63, 3.8) is 0 Å². The number of carbonyl (C=O) groups is 2. The van der Waals surface area contributed by atoms with Crippen molar-refractivity contribution in [1.82, 2.24) is 5.32 Å². The number of hydrogen-bond donors (Lipinski definition) is 1. The van der Waals surface area contributed by atoms with Gasteiger partial charge in [-0.1, -0.05) is 30.3 Å². The van der Waals surface area contributed by atoms with Crippen molar-refractivity contribution < 1.29 is 61.7 Å². The minimum atomic E-state index is -0.896. The fraction of sp³-hybridized carbons (Fsp3) is 0.742. The third-order valence-corrected chi connectivity index (χ3v) is 5.53. The highest BCUT2D eigenvalue weighted by atomic mass is 16.6. The van der Waals surface area contributed by atoms with Crippen LogP contribution in [0, 0.1) is 0 Å². The van der Waals surface area contributed by atoms with Gasteiger partial charge in [-0.25, -0.2) is 4.79 Å². The summed E-state index contributed by atoms with van der Waals surface area (Å²) in [6.45, 7) is 10.4. The van der Waals surface area contributed by atoms with Crippen LogP contribution >= 0.6 is 0 Å². The van der Waals surface area contributed by atoms with Crippen LogP contribution in [-0.2, 0) is 56.9 Å². The quantitative estimate of drug-likeness (QED) is 0.0479. The first-order valence-electron chi connectivity index (χ1n) is 15.4. The number of benzene rings is 1. The van der Waals surface area contributed by atoms with Gasteiger partial charge in [0.05, 0.1) is 132 Å². The lowest BCUT2D eigenvalue weighted by atomic mass is 10.1. The number of ketones is 1. The zero-order valence-electron chi connectivity index (χ0n) is 26.8. The Balaban J connectivity index is 1.67. The summed E-state index contributed by atoms with van der Waals surface area (Å²) >= 11 is 0. The number of carbonyl (C=O) groups excluding carboxylic acids is 2. The van der Waals surface area contributed by atoms with Gasteiger partial charge in [-0.2, -0.15) is 0 Å². The Morgan fingerprint density at radius 3 is 1.04 bits per heavy atom. The van der Waals surface area contributed by atoms with E-state index in [2.05, 4.69) is 5.32 Å². The fourth-order valence-electron chi connectivity index (χ4n) is 3.22. The van der Waals surface area contributed by atoms with Crippen molar-refractivity contribution in [2.75, 3.05) is 152 Å². The lowest BCUT2D eigenvalue weighted by molar-refractivity contribution is -0.139. The molecule has 0 aliphatic heterocycles. The minimum Gasteiger partial charge on any atom is -0.457 e. The van der Waals surface area contributed by atoms with Crippen molar-refractivity contribution in [2.24, 2.45) is 0 Å². The molecule has 0 fully saturated rings.